The van der Waals surface area contributed by atoms with Crippen LogP contribution >= 0.6 is 0 Å². The highest BCUT2D eigenvalue weighted by molar-refractivity contribution is 6.04. The molecule has 1 aromatic heterocycles. The molecule has 0 bridgehead atoms. The molecular formula is C29H24N2O2. The van der Waals surface area contributed by atoms with Crippen molar-refractivity contribution >= 4 is 22.6 Å². The Morgan fingerprint density at radius 1 is 0.758 bits per heavy atom. The largest absolute Gasteiger partial charge is 0.459 e. The summed E-state index contributed by atoms with van der Waals surface area (Å²) in [4.78, 5) is 12.5. The van der Waals surface area contributed by atoms with Crippen LogP contribution in [0.4, 0.5) is 5.69 Å². The van der Waals surface area contributed by atoms with Gasteiger partial charge >= 0.3 is 0 Å². The van der Waals surface area contributed by atoms with Gasteiger partial charge in [-0.3, -0.25) is 10.1 Å². The average Bonchev–Trinajstić information content (AvgIpc) is 3.30. The van der Waals surface area contributed by atoms with Gasteiger partial charge in [0, 0.05) is 23.2 Å². The highest BCUT2D eigenvalue weighted by atomic mass is 16.3. The quantitative estimate of drug-likeness (QED) is 0.306. The number of carbonyl (C=O) groups excluding carboxylic acids is 1. The lowest BCUT2D eigenvalue weighted by Crippen LogP contribution is -2.21. The van der Waals surface area contributed by atoms with Crippen molar-refractivity contribution in [1.82, 2.24) is 5.32 Å². The van der Waals surface area contributed by atoms with Gasteiger partial charge in [-0.1, -0.05) is 78.9 Å². The topological polar surface area (TPSA) is 54.3 Å². The summed E-state index contributed by atoms with van der Waals surface area (Å²) in [5, 5.41) is 7.63. The minimum atomic E-state index is -0.120. The first-order chi connectivity index (χ1) is 16.3. The molecule has 5 aromatic rings. The molecule has 4 aromatic carbocycles. The second-order valence-electron chi connectivity index (χ2n) is 7.93. The number of fused-ring (bicyclic) bond motifs is 1. The summed E-state index contributed by atoms with van der Waals surface area (Å²) in [5.74, 6) is 0.756. The molecule has 0 radical (unpaired) electrons. The summed E-state index contributed by atoms with van der Waals surface area (Å²) in [5.41, 5.74) is 4.51. The first kappa shape index (κ1) is 20.7. The van der Waals surface area contributed by atoms with Crippen molar-refractivity contribution < 1.29 is 9.21 Å². The second kappa shape index (κ2) is 9.55. The number of benzene rings is 4. The number of nitrogens with one attached hydrogen (secondary N) is 2. The molecule has 2 N–H and O–H groups in total. The maximum atomic E-state index is 12.5. The lowest BCUT2D eigenvalue weighted by atomic mass is 10.0. The van der Waals surface area contributed by atoms with Crippen LogP contribution < -0.4 is 10.6 Å². The zero-order valence-corrected chi connectivity index (χ0v) is 18.1. The molecule has 162 valence electrons. The van der Waals surface area contributed by atoms with E-state index in [9.17, 15) is 4.79 Å². The van der Waals surface area contributed by atoms with Crippen molar-refractivity contribution in [1.29, 1.82) is 0 Å². The van der Waals surface area contributed by atoms with E-state index >= 15 is 0 Å². The highest BCUT2D eigenvalue weighted by Gasteiger charge is 2.18. The van der Waals surface area contributed by atoms with Crippen LogP contribution in [0.5, 0.6) is 0 Å². The SMILES string of the molecule is O=C(Nc1ccccc1)c1ccc(CNC(c2ccccc2)c2cc3ccccc3o2)cc1. The molecule has 0 saturated heterocycles. The number of hydrogen-bond acceptors (Lipinski definition) is 3. The van der Waals surface area contributed by atoms with Crippen molar-refractivity contribution in [2.75, 3.05) is 5.32 Å². The number of furan rings is 1. The molecule has 1 unspecified atom stereocenters. The van der Waals surface area contributed by atoms with Crippen LogP contribution in [0.2, 0.25) is 0 Å². The van der Waals surface area contributed by atoms with Crippen LogP contribution in [0, 0.1) is 0 Å². The van der Waals surface area contributed by atoms with Crippen LogP contribution in [0.3, 0.4) is 0 Å². The lowest BCUT2D eigenvalue weighted by molar-refractivity contribution is 0.102. The Morgan fingerprint density at radius 2 is 1.42 bits per heavy atom. The molecule has 4 heteroatoms. The molecule has 0 aliphatic heterocycles. The minimum absolute atomic E-state index is 0.0837. The fourth-order valence-corrected chi connectivity index (χ4v) is 3.89. The smallest absolute Gasteiger partial charge is 0.255 e. The molecule has 0 spiro atoms. The average molecular weight is 433 g/mol. The summed E-state index contributed by atoms with van der Waals surface area (Å²) >= 11 is 0. The first-order valence-corrected chi connectivity index (χ1v) is 11.0. The van der Waals surface area contributed by atoms with Crippen LogP contribution in [0.25, 0.3) is 11.0 Å². The van der Waals surface area contributed by atoms with Gasteiger partial charge in [-0.15, -0.1) is 0 Å². The minimum Gasteiger partial charge on any atom is -0.459 e. The van der Waals surface area contributed by atoms with E-state index in [-0.39, 0.29) is 11.9 Å². The van der Waals surface area contributed by atoms with E-state index in [1.807, 2.05) is 91.0 Å². The third kappa shape index (κ3) is 4.86. The van der Waals surface area contributed by atoms with E-state index < -0.39 is 0 Å². The third-order valence-electron chi connectivity index (χ3n) is 5.62. The molecule has 0 saturated carbocycles. The molecule has 1 heterocycles. The molecule has 4 nitrogen and oxygen atoms in total. The van der Waals surface area contributed by atoms with Crippen LogP contribution in [-0.2, 0) is 6.54 Å². The number of carbonyl (C=O) groups is 1. The van der Waals surface area contributed by atoms with E-state index in [0.717, 1.165) is 33.5 Å². The lowest BCUT2D eigenvalue weighted by Gasteiger charge is -2.17. The van der Waals surface area contributed by atoms with Gasteiger partial charge in [0.2, 0.25) is 0 Å². The Kier molecular flexibility index (Phi) is 6.00. The Balaban J connectivity index is 1.31. The van der Waals surface area contributed by atoms with Gasteiger partial charge in [0.1, 0.15) is 11.3 Å². The van der Waals surface area contributed by atoms with Gasteiger partial charge in [-0.05, 0) is 47.5 Å². The van der Waals surface area contributed by atoms with Crippen LogP contribution in [0.15, 0.2) is 120 Å². The van der Waals surface area contributed by atoms with Crippen molar-refractivity contribution in [3.05, 3.63) is 138 Å². The predicted octanol–water partition coefficient (Wildman–Crippen LogP) is 6.56. The van der Waals surface area contributed by atoms with Crippen molar-refractivity contribution in [2.45, 2.75) is 12.6 Å². The molecule has 1 atom stereocenters. The number of para-hydroxylation sites is 2. The van der Waals surface area contributed by atoms with Gasteiger partial charge in [0.05, 0.1) is 6.04 Å². The van der Waals surface area contributed by atoms with Crippen LogP contribution in [0.1, 0.15) is 33.3 Å². The second-order valence-corrected chi connectivity index (χ2v) is 7.93. The normalized spacial score (nSPS) is 11.9. The summed E-state index contributed by atoms with van der Waals surface area (Å²) < 4.78 is 6.16. The fraction of sp³-hybridized carbons (Fsp3) is 0.0690. The van der Waals surface area contributed by atoms with Gasteiger partial charge in [-0.25, -0.2) is 0 Å². The monoisotopic (exact) mass is 432 g/mol. The van der Waals surface area contributed by atoms with Crippen LogP contribution in [-0.4, -0.2) is 5.91 Å². The van der Waals surface area contributed by atoms with E-state index in [0.29, 0.717) is 12.1 Å². The zero-order valence-electron chi connectivity index (χ0n) is 18.1. The third-order valence-corrected chi connectivity index (χ3v) is 5.62. The first-order valence-electron chi connectivity index (χ1n) is 11.0. The number of anilines is 1. The maximum Gasteiger partial charge on any atom is 0.255 e. The van der Waals surface area contributed by atoms with E-state index in [4.69, 9.17) is 4.42 Å². The number of rotatable bonds is 7. The van der Waals surface area contributed by atoms with Crippen molar-refractivity contribution in [2.24, 2.45) is 0 Å². The fourth-order valence-electron chi connectivity index (χ4n) is 3.89. The Morgan fingerprint density at radius 3 is 2.15 bits per heavy atom. The molecule has 33 heavy (non-hydrogen) atoms. The number of hydrogen-bond donors (Lipinski definition) is 2. The van der Waals surface area contributed by atoms with Gasteiger partial charge in [-0.2, -0.15) is 0 Å². The van der Waals surface area contributed by atoms with Gasteiger partial charge < -0.3 is 9.73 Å². The van der Waals surface area contributed by atoms with Gasteiger partial charge in [0.15, 0.2) is 0 Å². The van der Waals surface area contributed by atoms with Crippen molar-refractivity contribution in [3.63, 3.8) is 0 Å². The Labute approximate surface area is 192 Å². The number of amides is 1. The molecule has 1 amide bonds. The summed E-state index contributed by atoms with van der Waals surface area (Å²) in [6, 6.07) is 37.5. The summed E-state index contributed by atoms with van der Waals surface area (Å²) in [7, 11) is 0. The molecule has 0 aliphatic rings. The highest BCUT2D eigenvalue weighted by Crippen LogP contribution is 2.28. The van der Waals surface area contributed by atoms with Gasteiger partial charge in [0.25, 0.3) is 5.91 Å². The predicted molar refractivity (Wildman–Crippen MR) is 132 cm³/mol. The summed E-state index contributed by atoms with van der Waals surface area (Å²) in [6.45, 7) is 0.636. The molecular weight excluding hydrogens is 408 g/mol. The van der Waals surface area contributed by atoms with Crippen molar-refractivity contribution in [3.8, 4) is 0 Å². The standard InChI is InChI=1S/C29H24N2O2/c32-29(31-25-12-5-2-6-13-25)23-17-15-21(16-18-23)20-30-28(22-9-3-1-4-10-22)27-19-24-11-7-8-14-26(24)33-27/h1-19,28,30H,20H2,(H,31,32). The maximum absolute atomic E-state index is 12.5. The Hall–Kier alpha value is -4.15. The van der Waals surface area contributed by atoms with E-state index in [1.54, 1.807) is 0 Å². The van der Waals surface area contributed by atoms with E-state index in [2.05, 4.69) is 34.9 Å². The molecule has 0 aliphatic carbocycles. The summed E-state index contributed by atoms with van der Waals surface area (Å²) in [6.07, 6.45) is 0. The zero-order chi connectivity index (χ0) is 22.5. The molecule has 5 rings (SSSR count). The molecule has 0 fully saturated rings. The van der Waals surface area contributed by atoms with E-state index in [1.165, 1.54) is 0 Å². The Bertz CT molecular complexity index is 1310.